The number of thioether (sulfide) groups is 1. The fourth-order valence-corrected chi connectivity index (χ4v) is 3.16. The van der Waals surface area contributed by atoms with Gasteiger partial charge in [0.1, 0.15) is 11.8 Å². The normalized spacial score (nSPS) is 15.2. The van der Waals surface area contributed by atoms with Gasteiger partial charge in [-0.2, -0.15) is 5.26 Å². The molecule has 2 N–H and O–H groups in total. The minimum Gasteiger partial charge on any atom is -0.479 e. The van der Waals surface area contributed by atoms with Gasteiger partial charge in [-0.3, -0.25) is 4.79 Å². The van der Waals surface area contributed by atoms with Gasteiger partial charge in [0.2, 0.25) is 5.91 Å². The number of hydrogen-bond donors (Lipinski definition) is 2. The zero-order valence-corrected chi connectivity index (χ0v) is 12.6. The molecule has 1 saturated heterocycles. The molecule has 0 atom stereocenters. The Kier molecular flexibility index (Phi) is 6.38. The first-order chi connectivity index (χ1) is 10.3. The van der Waals surface area contributed by atoms with Crippen LogP contribution in [0.3, 0.4) is 0 Å². The van der Waals surface area contributed by atoms with E-state index >= 15 is 0 Å². The van der Waals surface area contributed by atoms with Gasteiger partial charge in [0.15, 0.2) is 6.61 Å². The molecule has 21 heavy (non-hydrogen) atoms. The monoisotopic (exact) mass is 305 g/mol. The first kappa shape index (κ1) is 15.7. The molecule has 0 aliphatic carbocycles. The van der Waals surface area contributed by atoms with Crippen molar-refractivity contribution in [2.75, 3.05) is 30.8 Å². The van der Waals surface area contributed by atoms with Crippen LogP contribution in [0.25, 0.3) is 0 Å². The van der Waals surface area contributed by atoms with Gasteiger partial charge >= 0.3 is 0 Å². The number of hydrogen-bond acceptors (Lipinski definition) is 5. The summed E-state index contributed by atoms with van der Waals surface area (Å²) in [6.45, 7) is 2.08. The smallest absolute Gasteiger partial charge is 0.234 e. The van der Waals surface area contributed by atoms with E-state index in [9.17, 15) is 4.79 Å². The third-order valence-corrected chi connectivity index (χ3v) is 4.53. The number of nitrogens with one attached hydrogen (secondary N) is 2. The summed E-state index contributed by atoms with van der Waals surface area (Å²) < 4.78 is 5.21. The van der Waals surface area contributed by atoms with Crippen molar-refractivity contribution < 1.29 is 9.53 Å². The summed E-state index contributed by atoms with van der Waals surface area (Å²) in [5, 5.41) is 15.2. The van der Waals surface area contributed by atoms with Crippen LogP contribution in [0.1, 0.15) is 12.8 Å². The summed E-state index contributed by atoms with van der Waals surface area (Å²) >= 11 is 1.72. The van der Waals surface area contributed by atoms with Crippen molar-refractivity contribution in [2.24, 2.45) is 0 Å². The lowest BCUT2D eigenvalue weighted by Crippen LogP contribution is -2.30. The van der Waals surface area contributed by atoms with Crippen LogP contribution in [0.15, 0.2) is 24.3 Å². The molecule has 1 heterocycles. The van der Waals surface area contributed by atoms with E-state index in [2.05, 4.69) is 10.6 Å². The lowest BCUT2D eigenvalue weighted by atomic mass is 10.2. The Hall–Kier alpha value is -1.71. The second kappa shape index (κ2) is 8.55. The van der Waals surface area contributed by atoms with E-state index in [4.69, 9.17) is 10.00 Å². The van der Waals surface area contributed by atoms with Gasteiger partial charge in [-0.25, -0.2) is 0 Å². The lowest BCUT2D eigenvalue weighted by Gasteiger charge is -2.21. The summed E-state index contributed by atoms with van der Waals surface area (Å²) in [5.74, 6) is 1.05. The lowest BCUT2D eigenvalue weighted by molar-refractivity contribution is -0.113. The highest BCUT2D eigenvalue weighted by molar-refractivity contribution is 8.00. The number of nitriles is 1. The predicted molar refractivity (Wildman–Crippen MR) is 84.5 cm³/mol. The molecule has 0 unspecified atom stereocenters. The first-order valence-corrected chi connectivity index (χ1v) is 8.05. The number of benzene rings is 1. The molecule has 0 aromatic heterocycles. The number of anilines is 1. The minimum atomic E-state index is -0.00374. The summed E-state index contributed by atoms with van der Waals surface area (Å²) in [6, 6.07) is 9.01. The van der Waals surface area contributed by atoms with E-state index in [1.807, 2.05) is 12.1 Å². The Labute approximate surface area is 129 Å². The highest BCUT2D eigenvalue weighted by Crippen LogP contribution is 2.21. The van der Waals surface area contributed by atoms with Gasteiger partial charge in [0, 0.05) is 17.0 Å². The van der Waals surface area contributed by atoms with E-state index in [0.717, 1.165) is 25.9 Å². The van der Waals surface area contributed by atoms with E-state index < -0.39 is 0 Å². The molecule has 6 heteroatoms. The highest BCUT2D eigenvalue weighted by atomic mass is 32.2. The fraction of sp³-hybridized carbons (Fsp3) is 0.467. The molecular weight excluding hydrogens is 286 g/mol. The van der Waals surface area contributed by atoms with Crippen molar-refractivity contribution in [2.45, 2.75) is 18.1 Å². The third-order valence-electron chi connectivity index (χ3n) is 3.16. The molecule has 0 saturated carbocycles. The molecule has 0 bridgehead atoms. The highest BCUT2D eigenvalue weighted by Gasteiger charge is 2.15. The van der Waals surface area contributed by atoms with Gasteiger partial charge in [-0.15, -0.1) is 11.8 Å². The van der Waals surface area contributed by atoms with Gasteiger partial charge in [0.05, 0.1) is 5.75 Å². The molecule has 1 aliphatic rings. The number of rotatable bonds is 6. The van der Waals surface area contributed by atoms with Crippen LogP contribution in [0.2, 0.25) is 0 Å². The van der Waals surface area contributed by atoms with Gasteiger partial charge in [-0.05, 0) is 38.1 Å². The van der Waals surface area contributed by atoms with Crippen molar-refractivity contribution in [3.63, 3.8) is 0 Å². The van der Waals surface area contributed by atoms with Crippen molar-refractivity contribution in [3.05, 3.63) is 24.3 Å². The second-order valence-electron chi connectivity index (χ2n) is 4.78. The van der Waals surface area contributed by atoms with E-state index in [0.29, 0.717) is 22.4 Å². The number of carbonyl (C=O) groups is 1. The number of piperidine rings is 1. The molecule has 1 aromatic rings. The molecule has 1 amide bonds. The maximum Gasteiger partial charge on any atom is 0.234 e. The largest absolute Gasteiger partial charge is 0.479 e. The second-order valence-corrected chi connectivity index (χ2v) is 6.07. The Balaban J connectivity index is 1.77. The maximum absolute atomic E-state index is 11.9. The van der Waals surface area contributed by atoms with Crippen LogP contribution in [-0.4, -0.2) is 36.6 Å². The number of carbonyl (C=O) groups excluding carboxylic acids is 1. The third kappa shape index (κ3) is 5.66. The molecule has 1 aliphatic heterocycles. The molecule has 0 spiro atoms. The van der Waals surface area contributed by atoms with Crippen LogP contribution in [0.5, 0.6) is 5.75 Å². The SMILES string of the molecule is N#CCOc1cccc(NC(=O)CSC2CCNCC2)c1. The summed E-state index contributed by atoms with van der Waals surface area (Å²) in [7, 11) is 0. The van der Waals surface area contributed by atoms with E-state index in [1.54, 1.807) is 30.0 Å². The van der Waals surface area contributed by atoms with Gasteiger partial charge in [0.25, 0.3) is 0 Å². The van der Waals surface area contributed by atoms with Crippen molar-refractivity contribution in [3.8, 4) is 11.8 Å². The van der Waals surface area contributed by atoms with Crippen molar-refractivity contribution in [1.82, 2.24) is 5.32 Å². The number of amides is 1. The number of nitrogens with zero attached hydrogens (tertiary/aromatic N) is 1. The minimum absolute atomic E-state index is 0.00294. The zero-order valence-electron chi connectivity index (χ0n) is 11.8. The van der Waals surface area contributed by atoms with Gasteiger partial charge < -0.3 is 15.4 Å². The zero-order chi connectivity index (χ0) is 14.9. The Morgan fingerprint density at radius 2 is 2.29 bits per heavy atom. The fourth-order valence-electron chi connectivity index (χ4n) is 2.13. The molecule has 1 aromatic carbocycles. The van der Waals surface area contributed by atoms with Crippen LogP contribution in [0.4, 0.5) is 5.69 Å². The quantitative estimate of drug-likeness (QED) is 0.841. The van der Waals surface area contributed by atoms with Crippen LogP contribution < -0.4 is 15.4 Å². The van der Waals surface area contributed by atoms with Gasteiger partial charge in [-0.1, -0.05) is 6.07 Å². The van der Waals surface area contributed by atoms with E-state index in [-0.39, 0.29) is 12.5 Å². The topological polar surface area (TPSA) is 74.1 Å². The summed E-state index contributed by atoms with van der Waals surface area (Å²) in [5.41, 5.74) is 0.696. The average Bonchev–Trinajstić information content (AvgIpc) is 2.52. The molecular formula is C15H19N3O2S. The predicted octanol–water partition coefficient (Wildman–Crippen LogP) is 2.01. The molecule has 0 radical (unpaired) electrons. The Morgan fingerprint density at radius 3 is 3.05 bits per heavy atom. The van der Waals surface area contributed by atoms with Crippen molar-refractivity contribution in [1.29, 1.82) is 5.26 Å². The maximum atomic E-state index is 11.9. The van der Waals surface area contributed by atoms with Crippen LogP contribution in [0, 0.1) is 11.3 Å². The Bertz CT molecular complexity index is 510. The average molecular weight is 305 g/mol. The van der Waals surface area contributed by atoms with Crippen LogP contribution in [-0.2, 0) is 4.79 Å². The van der Waals surface area contributed by atoms with E-state index in [1.165, 1.54) is 0 Å². The summed E-state index contributed by atoms with van der Waals surface area (Å²) in [4.78, 5) is 11.9. The molecule has 1 fully saturated rings. The first-order valence-electron chi connectivity index (χ1n) is 7.00. The van der Waals surface area contributed by atoms with Crippen LogP contribution >= 0.6 is 11.8 Å². The standard InChI is InChI=1S/C15H19N3O2S/c16-6-9-20-13-3-1-2-12(10-13)18-15(19)11-21-14-4-7-17-8-5-14/h1-3,10,14,17H,4-5,7-9,11H2,(H,18,19). The molecule has 5 nitrogen and oxygen atoms in total. The van der Waals surface area contributed by atoms with Crippen molar-refractivity contribution >= 4 is 23.4 Å². The Morgan fingerprint density at radius 1 is 1.48 bits per heavy atom. The molecule has 2 rings (SSSR count). The molecule has 112 valence electrons. The summed E-state index contributed by atoms with van der Waals surface area (Å²) in [6.07, 6.45) is 2.24. The number of ether oxygens (including phenoxy) is 1.